The zero-order valence-corrected chi connectivity index (χ0v) is 14.7. The molecule has 0 fully saturated rings. The molecule has 1 heterocycles. The van der Waals surface area contributed by atoms with E-state index in [1.165, 1.54) is 10.4 Å². The summed E-state index contributed by atoms with van der Waals surface area (Å²) in [6, 6.07) is 13.7. The van der Waals surface area contributed by atoms with Gasteiger partial charge in [0, 0.05) is 5.56 Å². The smallest absolute Gasteiger partial charge is 0.204 e. The van der Waals surface area contributed by atoms with Crippen LogP contribution in [0.3, 0.4) is 0 Å². The van der Waals surface area contributed by atoms with Gasteiger partial charge in [-0.15, -0.1) is 10.2 Å². The van der Waals surface area contributed by atoms with Crippen molar-refractivity contribution in [3.63, 3.8) is 0 Å². The van der Waals surface area contributed by atoms with Crippen molar-refractivity contribution >= 4 is 0 Å². The summed E-state index contributed by atoms with van der Waals surface area (Å²) in [7, 11) is 0. The minimum atomic E-state index is -0.725. The van der Waals surface area contributed by atoms with E-state index in [2.05, 4.69) is 21.5 Å². The fourth-order valence-corrected chi connectivity index (χ4v) is 2.59. The molecular weight excluding hydrogens is 316 g/mol. The van der Waals surface area contributed by atoms with E-state index in [0.29, 0.717) is 5.82 Å². The van der Waals surface area contributed by atoms with Gasteiger partial charge in [0.05, 0.1) is 6.54 Å². The molecule has 2 aromatic carbocycles. The molecule has 1 atom stereocenters. The number of ether oxygens (including phenoxy) is 1. The Morgan fingerprint density at radius 2 is 1.76 bits per heavy atom. The topological polar surface area (TPSA) is 73.1 Å². The van der Waals surface area contributed by atoms with E-state index in [4.69, 9.17) is 4.74 Å². The van der Waals surface area contributed by atoms with Gasteiger partial charge in [-0.05, 0) is 42.7 Å². The van der Waals surface area contributed by atoms with E-state index < -0.39 is 6.10 Å². The minimum Gasteiger partial charge on any atom is -0.490 e. The van der Waals surface area contributed by atoms with Crippen molar-refractivity contribution < 1.29 is 9.84 Å². The number of benzene rings is 2. The second-order valence-electron chi connectivity index (χ2n) is 6.15. The third kappa shape index (κ3) is 4.03. The van der Waals surface area contributed by atoms with Gasteiger partial charge in [-0.1, -0.05) is 42.5 Å². The quantitative estimate of drug-likeness (QED) is 0.748. The van der Waals surface area contributed by atoms with E-state index >= 15 is 0 Å². The Hall–Kier alpha value is -2.73. The van der Waals surface area contributed by atoms with E-state index in [1.54, 1.807) is 0 Å². The number of hydrogen-bond donors (Lipinski definition) is 1. The highest BCUT2D eigenvalue weighted by molar-refractivity contribution is 5.52. The molecule has 0 radical (unpaired) electrons. The van der Waals surface area contributed by atoms with Gasteiger partial charge in [0.2, 0.25) is 5.82 Å². The molecule has 1 N–H and O–H groups in total. The number of hydrogen-bond acceptors (Lipinski definition) is 5. The van der Waals surface area contributed by atoms with Gasteiger partial charge >= 0.3 is 0 Å². The molecule has 6 nitrogen and oxygen atoms in total. The Morgan fingerprint density at radius 3 is 2.52 bits per heavy atom. The van der Waals surface area contributed by atoms with Crippen molar-refractivity contribution in [1.29, 1.82) is 0 Å². The lowest BCUT2D eigenvalue weighted by Gasteiger charge is -2.16. The largest absolute Gasteiger partial charge is 0.490 e. The van der Waals surface area contributed by atoms with Crippen LogP contribution in [0.4, 0.5) is 0 Å². The maximum absolute atomic E-state index is 10.2. The molecule has 1 aromatic heterocycles. The summed E-state index contributed by atoms with van der Waals surface area (Å²) in [5.41, 5.74) is 4.21. The Labute approximate surface area is 147 Å². The third-order valence-corrected chi connectivity index (χ3v) is 4.15. The zero-order chi connectivity index (χ0) is 17.8. The van der Waals surface area contributed by atoms with Crippen molar-refractivity contribution in [2.75, 3.05) is 6.61 Å². The van der Waals surface area contributed by atoms with Crippen molar-refractivity contribution in [2.24, 2.45) is 0 Å². The van der Waals surface area contributed by atoms with Crippen molar-refractivity contribution in [2.45, 2.75) is 33.4 Å². The SMILES string of the molecule is Cc1ccc(C)c(OCC(O)Cn2nnc(-c3ccccc3)n2)c1C. The summed E-state index contributed by atoms with van der Waals surface area (Å²) in [4.78, 5) is 1.40. The lowest BCUT2D eigenvalue weighted by atomic mass is 10.1. The van der Waals surface area contributed by atoms with Crippen molar-refractivity contribution in [1.82, 2.24) is 20.2 Å². The zero-order valence-electron chi connectivity index (χ0n) is 14.7. The molecule has 3 rings (SSSR count). The van der Waals surface area contributed by atoms with Gasteiger partial charge in [0.1, 0.15) is 18.5 Å². The van der Waals surface area contributed by atoms with Crippen LogP contribution in [0.15, 0.2) is 42.5 Å². The highest BCUT2D eigenvalue weighted by Crippen LogP contribution is 2.25. The summed E-state index contributed by atoms with van der Waals surface area (Å²) in [6.07, 6.45) is -0.725. The fourth-order valence-electron chi connectivity index (χ4n) is 2.59. The molecule has 25 heavy (non-hydrogen) atoms. The van der Waals surface area contributed by atoms with E-state index in [-0.39, 0.29) is 13.2 Å². The number of tetrazole rings is 1. The number of aliphatic hydroxyl groups excluding tert-OH is 1. The molecule has 1 unspecified atom stereocenters. The monoisotopic (exact) mass is 338 g/mol. The standard InChI is InChI=1S/C19H22N4O2/c1-13-9-10-14(2)18(15(13)3)25-12-17(24)11-23-21-19(20-22-23)16-7-5-4-6-8-16/h4-10,17,24H,11-12H2,1-3H3. The molecule has 130 valence electrons. The number of aromatic nitrogens is 4. The van der Waals surface area contributed by atoms with Crippen LogP contribution in [-0.4, -0.2) is 38.0 Å². The van der Waals surface area contributed by atoms with Crippen LogP contribution in [0.2, 0.25) is 0 Å². The van der Waals surface area contributed by atoms with E-state index in [1.807, 2.05) is 57.2 Å². The number of aliphatic hydroxyl groups is 1. The van der Waals surface area contributed by atoms with Crippen LogP contribution in [-0.2, 0) is 6.54 Å². The van der Waals surface area contributed by atoms with Gasteiger partial charge in [0.25, 0.3) is 0 Å². The second kappa shape index (κ2) is 7.44. The van der Waals surface area contributed by atoms with Crippen LogP contribution < -0.4 is 4.74 Å². The van der Waals surface area contributed by atoms with E-state index in [0.717, 1.165) is 22.4 Å². The third-order valence-electron chi connectivity index (χ3n) is 4.15. The predicted molar refractivity (Wildman–Crippen MR) is 95.4 cm³/mol. The summed E-state index contributed by atoms with van der Waals surface area (Å²) in [5, 5.41) is 22.6. The Morgan fingerprint density at radius 1 is 1.04 bits per heavy atom. The molecule has 0 saturated heterocycles. The normalized spacial score (nSPS) is 12.2. The molecule has 0 spiro atoms. The first kappa shape index (κ1) is 17.1. The lowest BCUT2D eigenvalue weighted by Crippen LogP contribution is -2.25. The second-order valence-corrected chi connectivity index (χ2v) is 6.15. The molecule has 0 aliphatic carbocycles. The Bertz CT molecular complexity index is 846. The van der Waals surface area contributed by atoms with Gasteiger partial charge < -0.3 is 9.84 Å². The van der Waals surface area contributed by atoms with Gasteiger partial charge in [-0.25, -0.2) is 0 Å². The first-order chi connectivity index (χ1) is 12.0. The molecule has 3 aromatic rings. The maximum Gasteiger partial charge on any atom is 0.204 e. The predicted octanol–water partition coefficient (Wildman–Crippen LogP) is 2.71. The molecule has 0 bridgehead atoms. The van der Waals surface area contributed by atoms with Gasteiger partial charge in [-0.2, -0.15) is 4.80 Å². The number of rotatable bonds is 6. The maximum atomic E-state index is 10.2. The average Bonchev–Trinajstić information content (AvgIpc) is 3.07. The van der Waals surface area contributed by atoms with Gasteiger partial charge in [0.15, 0.2) is 0 Å². The minimum absolute atomic E-state index is 0.174. The molecule has 0 saturated carbocycles. The number of aryl methyl sites for hydroxylation is 2. The van der Waals surface area contributed by atoms with E-state index in [9.17, 15) is 5.11 Å². The van der Waals surface area contributed by atoms with Crippen LogP contribution in [0.1, 0.15) is 16.7 Å². The average molecular weight is 338 g/mol. The van der Waals surface area contributed by atoms with Crippen LogP contribution >= 0.6 is 0 Å². The Balaban J connectivity index is 1.61. The molecule has 6 heteroatoms. The van der Waals surface area contributed by atoms with Crippen LogP contribution in [0.5, 0.6) is 5.75 Å². The van der Waals surface area contributed by atoms with Crippen molar-refractivity contribution in [3.05, 3.63) is 59.2 Å². The Kier molecular flexibility index (Phi) is 5.09. The fraction of sp³-hybridized carbons (Fsp3) is 0.316. The summed E-state index contributed by atoms with van der Waals surface area (Å²) in [6.45, 7) is 6.47. The summed E-state index contributed by atoms with van der Waals surface area (Å²) < 4.78 is 5.83. The van der Waals surface area contributed by atoms with Crippen LogP contribution in [0, 0.1) is 20.8 Å². The van der Waals surface area contributed by atoms with Crippen LogP contribution in [0.25, 0.3) is 11.4 Å². The molecular formula is C19H22N4O2. The molecule has 0 aliphatic rings. The molecule has 0 aliphatic heterocycles. The highest BCUT2D eigenvalue weighted by Gasteiger charge is 2.13. The summed E-state index contributed by atoms with van der Waals surface area (Å²) >= 11 is 0. The first-order valence-electron chi connectivity index (χ1n) is 8.25. The summed E-state index contributed by atoms with van der Waals surface area (Å²) in [5.74, 6) is 1.37. The first-order valence-corrected chi connectivity index (χ1v) is 8.25. The van der Waals surface area contributed by atoms with Gasteiger partial charge in [-0.3, -0.25) is 0 Å². The lowest BCUT2D eigenvalue weighted by molar-refractivity contribution is 0.0843. The highest BCUT2D eigenvalue weighted by atomic mass is 16.5. The van der Waals surface area contributed by atoms with Crippen molar-refractivity contribution in [3.8, 4) is 17.1 Å². The number of nitrogens with zero attached hydrogens (tertiary/aromatic N) is 4. The molecule has 0 amide bonds.